The molecule has 0 bridgehead atoms. The lowest BCUT2D eigenvalue weighted by Gasteiger charge is -2.17. The van der Waals surface area contributed by atoms with Crippen molar-refractivity contribution in [1.29, 1.82) is 0 Å². The van der Waals surface area contributed by atoms with E-state index < -0.39 is 30.4 Å². The Bertz CT molecular complexity index is 730. The number of hydrogen-bond acceptors (Lipinski definition) is 6. The van der Waals surface area contributed by atoms with Crippen LogP contribution < -0.4 is 0 Å². The van der Waals surface area contributed by atoms with E-state index in [1.807, 2.05) is 12.1 Å². The molecule has 0 spiro atoms. The molecule has 6 nitrogen and oxygen atoms in total. The van der Waals surface area contributed by atoms with Crippen LogP contribution in [0.5, 0.6) is 0 Å². The first-order chi connectivity index (χ1) is 12.7. The lowest BCUT2D eigenvalue weighted by molar-refractivity contribution is -0.154. The molecule has 1 fully saturated rings. The largest absolute Gasteiger partial charge is 0.459 e. The van der Waals surface area contributed by atoms with Crippen molar-refractivity contribution < 1.29 is 28.5 Å². The fourth-order valence-corrected chi connectivity index (χ4v) is 2.73. The highest BCUT2D eigenvalue weighted by molar-refractivity contribution is 5.89. The molecule has 0 saturated carbocycles. The molecular weight excluding hydrogens is 336 g/mol. The van der Waals surface area contributed by atoms with Crippen molar-refractivity contribution in [3.63, 3.8) is 0 Å². The number of hydrogen-bond donors (Lipinski definition) is 0. The highest BCUT2D eigenvalue weighted by Crippen LogP contribution is 2.25. The molecule has 2 aromatic rings. The van der Waals surface area contributed by atoms with Crippen LogP contribution in [-0.4, -0.2) is 44.2 Å². The summed E-state index contributed by atoms with van der Waals surface area (Å²) in [7, 11) is 1.48. The predicted molar refractivity (Wildman–Crippen MR) is 92.7 cm³/mol. The molecule has 1 saturated heterocycles. The minimum Gasteiger partial charge on any atom is -0.459 e. The summed E-state index contributed by atoms with van der Waals surface area (Å²) in [5.74, 6) is -0.865. The molecule has 26 heavy (non-hydrogen) atoms. The SMILES string of the molecule is COC1OC(COC(=O)c2ccccc2)CC1OC(=O)c1ccccc1. The summed E-state index contributed by atoms with van der Waals surface area (Å²) in [6, 6.07) is 17.4. The van der Waals surface area contributed by atoms with E-state index in [2.05, 4.69) is 0 Å². The van der Waals surface area contributed by atoms with Crippen LogP contribution in [-0.2, 0) is 18.9 Å². The Morgan fingerprint density at radius 2 is 1.54 bits per heavy atom. The van der Waals surface area contributed by atoms with Crippen molar-refractivity contribution in [1.82, 2.24) is 0 Å². The van der Waals surface area contributed by atoms with Gasteiger partial charge in [0.05, 0.1) is 17.2 Å². The van der Waals surface area contributed by atoms with Gasteiger partial charge in [0.1, 0.15) is 6.61 Å². The molecule has 3 atom stereocenters. The molecular formula is C20H20O6. The second-order valence-electron chi connectivity index (χ2n) is 5.87. The first-order valence-electron chi connectivity index (χ1n) is 8.34. The first-order valence-corrected chi connectivity index (χ1v) is 8.34. The molecule has 6 heteroatoms. The number of carbonyl (C=O) groups excluding carboxylic acids is 2. The van der Waals surface area contributed by atoms with Gasteiger partial charge in [-0.1, -0.05) is 36.4 Å². The van der Waals surface area contributed by atoms with Crippen molar-refractivity contribution >= 4 is 11.9 Å². The van der Waals surface area contributed by atoms with Crippen LogP contribution in [0.3, 0.4) is 0 Å². The quantitative estimate of drug-likeness (QED) is 0.741. The highest BCUT2D eigenvalue weighted by Gasteiger charge is 2.39. The van der Waals surface area contributed by atoms with Gasteiger partial charge in [-0.3, -0.25) is 0 Å². The maximum absolute atomic E-state index is 12.2. The zero-order valence-electron chi connectivity index (χ0n) is 14.4. The highest BCUT2D eigenvalue weighted by atomic mass is 16.7. The van der Waals surface area contributed by atoms with Gasteiger partial charge in [0.15, 0.2) is 12.4 Å². The van der Waals surface area contributed by atoms with Gasteiger partial charge in [0.25, 0.3) is 0 Å². The van der Waals surface area contributed by atoms with Crippen LogP contribution in [0.2, 0.25) is 0 Å². The molecule has 3 unspecified atom stereocenters. The summed E-state index contributed by atoms with van der Waals surface area (Å²) in [6.45, 7) is 0.0625. The Hall–Kier alpha value is -2.70. The zero-order valence-corrected chi connectivity index (χ0v) is 14.4. The Labute approximate surface area is 151 Å². The van der Waals surface area contributed by atoms with Crippen LogP contribution in [0.15, 0.2) is 60.7 Å². The summed E-state index contributed by atoms with van der Waals surface area (Å²) >= 11 is 0. The number of benzene rings is 2. The minimum atomic E-state index is -0.692. The van der Waals surface area contributed by atoms with Crippen molar-refractivity contribution in [3.05, 3.63) is 71.8 Å². The average molecular weight is 356 g/mol. The molecule has 0 aliphatic carbocycles. The van der Waals surface area contributed by atoms with Crippen LogP contribution in [0.25, 0.3) is 0 Å². The van der Waals surface area contributed by atoms with Crippen LogP contribution in [0.4, 0.5) is 0 Å². The van der Waals surface area contributed by atoms with Crippen LogP contribution >= 0.6 is 0 Å². The van der Waals surface area contributed by atoms with Crippen molar-refractivity contribution in [2.24, 2.45) is 0 Å². The topological polar surface area (TPSA) is 71.1 Å². The molecule has 1 heterocycles. The zero-order chi connectivity index (χ0) is 18.4. The predicted octanol–water partition coefficient (Wildman–Crippen LogP) is 2.83. The molecule has 1 aliphatic rings. The molecule has 0 aromatic heterocycles. The average Bonchev–Trinajstić information content (AvgIpc) is 3.09. The van der Waals surface area contributed by atoms with Crippen LogP contribution in [0, 0.1) is 0 Å². The summed E-state index contributed by atoms with van der Waals surface area (Å²) in [6.07, 6.45) is -1.27. The van der Waals surface area contributed by atoms with E-state index >= 15 is 0 Å². The second-order valence-corrected chi connectivity index (χ2v) is 5.87. The third kappa shape index (κ3) is 4.47. The number of esters is 2. The van der Waals surface area contributed by atoms with Gasteiger partial charge in [-0.05, 0) is 24.3 Å². The maximum Gasteiger partial charge on any atom is 0.338 e. The van der Waals surface area contributed by atoms with E-state index in [4.69, 9.17) is 18.9 Å². The standard InChI is InChI=1S/C20H20O6/c1-23-20-17(26-19(22)15-10-6-3-7-11-15)12-16(25-20)13-24-18(21)14-8-4-2-5-9-14/h2-11,16-17,20H,12-13H2,1H3. The van der Waals surface area contributed by atoms with Gasteiger partial charge in [0, 0.05) is 13.5 Å². The minimum absolute atomic E-state index is 0.0625. The van der Waals surface area contributed by atoms with E-state index in [1.54, 1.807) is 48.5 Å². The third-order valence-corrected chi connectivity index (χ3v) is 4.04. The maximum atomic E-state index is 12.2. The molecule has 3 rings (SSSR count). The first kappa shape index (κ1) is 18.1. The monoisotopic (exact) mass is 356 g/mol. The van der Waals surface area contributed by atoms with E-state index in [-0.39, 0.29) is 6.61 Å². The molecule has 1 aliphatic heterocycles. The van der Waals surface area contributed by atoms with Crippen LogP contribution in [0.1, 0.15) is 27.1 Å². The molecule has 136 valence electrons. The van der Waals surface area contributed by atoms with Crippen molar-refractivity contribution in [2.75, 3.05) is 13.7 Å². The van der Waals surface area contributed by atoms with Gasteiger partial charge in [-0.25, -0.2) is 9.59 Å². The number of methoxy groups -OCH3 is 1. The number of ether oxygens (including phenoxy) is 4. The van der Waals surface area contributed by atoms with Gasteiger partial charge >= 0.3 is 11.9 Å². The smallest absolute Gasteiger partial charge is 0.338 e. The molecule has 2 aromatic carbocycles. The fraction of sp³-hybridized carbons (Fsp3) is 0.300. The van der Waals surface area contributed by atoms with E-state index in [0.29, 0.717) is 17.5 Å². The summed E-state index contributed by atoms with van der Waals surface area (Å²) in [5, 5.41) is 0. The lowest BCUT2D eigenvalue weighted by atomic mass is 10.2. The molecule has 0 radical (unpaired) electrons. The Morgan fingerprint density at radius 3 is 2.12 bits per heavy atom. The van der Waals surface area contributed by atoms with Crippen molar-refractivity contribution in [3.8, 4) is 0 Å². The third-order valence-electron chi connectivity index (χ3n) is 4.04. The normalized spacial score (nSPS) is 22.0. The Balaban J connectivity index is 1.53. The lowest BCUT2D eigenvalue weighted by Crippen LogP contribution is -2.28. The fourth-order valence-electron chi connectivity index (χ4n) is 2.73. The summed E-state index contributed by atoms with van der Waals surface area (Å²) < 4.78 is 21.7. The van der Waals surface area contributed by atoms with Crippen molar-refractivity contribution in [2.45, 2.75) is 24.9 Å². The van der Waals surface area contributed by atoms with Gasteiger partial charge < -0.3 is 18.9 Å². The number of carbonyl (C=O) groups is 2. The number of rotatable bonds is 6. The van der Waals surface area contributed by atoms with Gasteiger partial charge in [-0.2, -0.15) is 0 Å². The second kappa shape index (κ2) is 8.60. The summed E-state index contributed by atoms with van der Waals surface area (Å²) in [4.78, 5) is 24.2. The Morgan fingerprint density at radius 1 is 0.962 bits per heavy atom. The molecule has 0 N–H and O–H groups in total. The Kier molecular flexibility index (Phi) is 5.99. The van der Waals surface area contributed by atoms with E-state index in [9.17, 15) is 9.59 Å². The van der Waals surface area contributed by atoms with E-state index in [1.165, 1.54) is 7.11 Å². The van der Waals surface area contributed by atoms with E-state index in [0.717, 1.165) is 0 Å². The van der Waals surface area contributed by atoms with Gasteiger partial charge in [0.2, 0.25) is 0 Å². The van der Waals surface area contributed by atoms with Gasteiger partial charge in [-0.15, -0.1) is 0 Å². The molecule has 0 amide bonds. The summed E-state index contributed by atoms with van der Waals surface area (Å²) in [5.41, 5.74) is 0.933.